The average molecular weight is 347 g/mol. The van der Waals surface area contributed by atoms with Gasteiger partial charge in [0.15, 0.2) is 0 Å². The lowest BCUT2D eigenvalue weighted by Gasteiger charge is -2.18. The van der Waals surface area contributed by atoms with Crippen LogP contribution in [-0.4, -0.2) is 23.5 Å². The van der Waals surface area contributed by atoms with Gasteiger partial charge in [-0.1, -0.05) is 30.3 Å². The predicted octanol–water partition coefficient (Wildman–Crippen LogP) is 3.35. The summed E-state index contributed by atoms with van der Waals surface area (Å²) in [6.07, 6.45) is 4.81. The van der Waals surface area contributed by atoms with Crippen molar-refractivity contribution in [2.24, 2.45) is 5.73 Å². The summed E-state index contributed by atoms with van der Waals surface area (Å²) in [7, 11) is 0. The van der Waals surface area contributed by atoms with Crippen molar-refractivity contribution in [3.63, 3.8) is 0 Å². The number of aromatic nitrogens is 1. The molecule has 0 saturated carbocycles. The normalized spacial score (nSPS) is 16.4. The van der Waals surface area contributed by atoms with Crippen LogP contribution in [-0.2, 0) is 19.3 Å². The molecule has 4 nitrogen and oxygen atoms in total. The quantitative estimate of drug-likeness (QED) is 0.620. The van der Waals surface area contributed by atoms with E-state index in [0.717, 1.165) is 48.6 Å². The second-order valence-electron chi connectivity index (χ2n) is 7.19. The predicted molar refractivity (Wildman–Crippen MR) is 105 cm³/mol. The molecule has 3 aromatic rings. The first-order valence-corrected chi connectivity index (χ1v) is 9.42. The maximum atomic E-state index is 12.5. The van der Waals surface area contributed by atoms with Gasteiger partial charge in [-0.25, -0.2) is 0 Å². The van der Waals surface area contributed by atoms with Gasteiger partial charge in [-0.15, -0.1) is 0 Å². The number of rotatable bonds is 5. The summed E-state index contributed by atoms with van der Waals surface area (Å²) in [6, 6.07) is 16.5. The number of benzene rings is 2. The van der Waals surface area contributed by atoms with Crippen molar-refractivity contribution in [2.45, 2.75) is 38.1 Å². The second-order valence-corrected chi connectivity index (χ2v) is 7.19. The molecule has 1 amide bonds. The van der Waals surface area contributed by atoms with Gasteiger partial charge in [-0.2, -0.15) is 0 Å². The van der Waals surface area contributed by atoms with Crippen molar-refractivity contribution < 1.29 is 4.79 Å². The molecule has 1 atom stereocenters. The van der Waals surface area contributed by atoms with E-state index in [-0.39, 0.29) is 11.9 Å². The standard InChI is InChI=1S/C22H25N3O/c23-17-9-11-21-19(14-17)18-13-16(8-10-20(18)25-21)22(26)24-12-4-7-15-5-2-1-3-6-15/h1-3,5-6,8,10,13,17,25H,4,7,9,11-12,14,23H2,(H,24,26). The van der Waals surface area contributed by atoms with Crippen molar-refractivity contribution in [1.82, 2.24) is 10.3 Å². The Hall–Kier alpha value is -2.59. The summed E-state index contributed by atoms with van der Waals surface area (Å²) < 4.78 is 0. The van der Waals surface area contributed by atoms with E-state index in [2.05, 4.69) is 22.4 Å². The Bertz CT molecular complexity index is 914. The van der Waals surface area contributed by atoms with Crippen molar-refractivity contribution in [3.05, 3.63) is 70.9 Å². The minimum absolute atomic E-state index is 0.00461. The van der Waals surface area contributed by atoms with Crippen LogP contribution >= 0.6 is 0 Å². The molecular weight excluding hydrogens is 322 g/mol. The Morgan fingerprint density at radius 2 is 2.04 bits per heavy atom. The summed E-state index contributed by atoms with van der Waals surface area (Å²) in [5.74, 6) is -0.00461. The summed E-state index contributed by atoms with van der Waals surface area (Å²) in [6.45, 7) is 0.682. The maximum Gasteiger partial charge on any atom is 0.251 e. The van der Waals surface area contributed by atoms with Crippen LogP contribution in [0, 0.1) is 0 Å². The Kier molecular flexibility index (Phi) is 4.76. The van der Waals surface area contributed by atoms with Crippen molar-refractivity contribution in [2.75, 3.05) is 6.54 Å². The number of nitrogens with two attached hydrogens (primary N) is 1. The molecule has 1 heterocycles. The molecule has 0 aliphatic heterocycles. The number of nitrogens with one attached hydrogen (secondary N) is 2. The highest BCUT2D eigenvalue weighted by molar-refractivity contribution is 5.99. The van der Waals surface area contributed by atoms with Crippen LogP contribution in [0.1, 0.15) is 40.0 Å². The molecule has 1 aliphatic rings. The zero-order valence-electron chi connectivity index (χ0n) is 14.9. The fraction of sp³-hybridized carbons (Fsp3) is 0.318. The van der Waals surface area contributed by atoms with Crippen molar-refractivity contribution in [3.8, 4) is 0 Å². The topological polar surface area (TPSA) is 70.9 Å². The lowest BCUT2D eigenvalue weighted by molar-refractivity contribution is 0.0953. The van der Waals surface area contributed by atoms with E-state index in [1.54, 1.807) is 0 Å². The highest BCUT2D eigenvalue weighted by Crippen LogP contribution is 2.29. The van der Waals surface area contributed by atoms with E-state index in [1.807, 2.05) is 36.4 Å². The largest absolute Gasteiger partial charge is 0.358 e. The van der Waals surface area contributed by atoms with Gasteiger partial charge in [0.2, 0.25) is 0 Å². The Balaban J connectivity index is 1.41. The first kappa shape index (κ1) is 16.9. The van der Waals surface area contributed by atoms with E-state index in [0.29, 0.717) is 6.54 Å². The Labute approximate surface area is 153 Å². The number of H-pyrrole nitrogens is 1. The van der Waals surface area contributed by atoms with Gasteiger partial charge in [-0.3, -0.25) is 4.79 Å². The van der Waals surface area contributed by atoms with E-state index >= 15 is 0 Å². The molecule has 0 fully saturated rings. The molecule has 4 heteroatoms. The number of aryl methyl sites for hydroxylation is 2. The van der Waals surface area contributed by atoms with Gasteiger partial charge in [0.05, 0.1) is 0 Å². The van der Waals surface area contributed by atoms with Gasteiger partial charge in [0.1, 0.15) is 0 Å². The molecule has 4 N–H and O–H groups in total. The zero-order chi connectivity index (χ0) is 17.9. The molecule has 1 unspecified atom stereocenters. The SMILES string of the molecule is NC1CCc2[nH]c3ccc(C(=O)NCCCc4ccccc4)cc3c2C1. The molecule has 0 spiro atoms. The zero-order valence-corrected chi connectivity index (χ0v) is 14.9. The number of fused-ring (bicyclic) bond motifs is 3. The van der Waals surface area contributed by atoms with Gasteiger partial charge >= 0.3 is 0 Å². The van der Waals surface area contributed by atoms with Crippen LogP contribution in [0.3, 0.4) is 0 Å². The number of aromatic amines is 1. The number of carbonyl (C=O) groups excluding carboxylic acids is 1. The van der Waals surface area contributed by atoms with Crippen molar-refractivity contribution >= 4 is 16.8 Å². The average Bonchev–Trinajstić information content (AvgIpc) is 3.03. The van der Waals surface area contributed by atoms with Crippen LogP contribution < -0.4 is 11.1 Å². The molecule has 4 rings (SSSR count). The van der Waals surface area contributed by atoms with Crippen LogP contribution in [0.4, 0.5) is 0 Å². The fourth-order valence-corrected chi connectivity index (χ4v) is 3.83. The third-order valence-corrected chi connectivity index (χ3v) is 5.26. The Morgan fingerprint density at radius 3 is 2.88 bits per heavy atom. The van der Waals surface area contributed by atoms with Gasteiger partial charge in [-0.05, 0) is 61.4 Å². The minimum Gasteiger partial charge on any atom is -0.358 e. The summed E-state index contributed by atoms with van der Waals surface area (Å²) in [5.41, 5.74) is 11.8. The van der Waals surface area contributed by atoms with Gasteiger partial charge < -0.3 is 16.0 Å². The summed E-state index contributed by atoms with van der Waals surface area (Å²) in [5, 5.41) is 4.19. The Morgan fingerprint density at radius 1 is 1.19 bits per heavy atom. The second kappa shape index (κ2) is 7.34. The van der Waals surface area contributed by atoms with E-state index < -0.39 is 0 Å². The van der Waals surface area contributed by atoms with Gasteiger partial charge in [0.25, 0.3) is 5.91 Å². The van der Waals surface area contributed by atoms with Crippen LogP contribution in [0.5, 0.6) is 0 Å². The molecule has 1 aliphatic carbocycles. The fourth-order valence-electron chi connectivity index (χ4n) is 3.83. The molecule has 1 aromatic heterocycles. The molecule has 26 heavy (non-hydrogen) atoms. The van der Waals surface area contributed by atoms with E-state index in [4.69, 9.17) is 5.73 Å². The van der Waals surface area contributed by atoms with E-state index in [1.165, 1.54) is 16.8 Å². The van der Waals surface area contributed by atoms with Crippen LogP contribution in [0.15, 0.2) is 48.5 Å². The molecule has 0 radical (unpaired) electrons. The number of amides is 1. The first-order valence-electron chi connectivity index (χ1n) is 9.42. The third kappa shape index (κ3) is 3.51. The van der Waals surface area contributed by atoms with Gasteiger partial charge in [0, 0.05) is 34.7 Å². The molecule has 134 valence electrons. The van der Waals surface area contributed by atoms with Crippen molar-refractivity contribution in [1.29, 1.82) is 0 Å². The summed E-state index contributed by atoms with van der Waals surface area (Å²) >= 11 is 0. The first-order chi connectivity index (χ1) is 12.7. The highest BCUT2D eigenvalue weighted by atomic mass is 16.1. The molecular formula is C22H25N3O. The lowest BCUT2D eigenvalue weighted by Crippen LogP contribution is -2.27. The molecule has 0 bridgehead atoms. The third-order valence-electron chi connectivity index (χ3n) is 5.26. The molecule has 2 aromatic carbocycles. The smallest absolute Gasteiger partial charge is 0.251 e. The highest BCUT2D eigenvalue weighted by Gasteiger charge is 2.20. The maximum absolute atomic E-state index is 12.5. The minimum atomic E-state index is -0.00461. The van der Waals surface area contributed by atoms with Crippen LogP contribution in [0.25, 0.3) is 10.9 Å². The lowest BCUT2D eigenvalue weighted by atomic mass is 9.92. The number of carbonyl (C=O) groups is 1. The number of hydrogen-bond donors (Lipinski definition) is 3. The molecule has 0 saturated heterocycles. The monoisotopic (exact) mass is 347 g/mol. The number of hydrogen-bond acceptors (Lipinski definition) is 2. The van der Waals surface area contributed by atoms with E-state index in [9.17, 15) is 4.79 Å². The summed E-state index contributed by atoms with van der Waals surface area (Å²) in [4.78, 5) is 16.0. The van der Waals surface area contributed by atoms with Crippen LogP contribution in [0.2, 0.25) is 0 Å².